The van der Waals surface area contributed by atoms with Gasteiger partial charge in [-0.3, -0.25) is 4.79 Å². The van der Waals surface area contributed by atoms with E-state index in [0.717, 1.165) is 18.2 Å². The van der Waals surface area contributed by atoms with Gasteiger partial charge < -0.3 is 5.11 Å². The number of hydrogen-bond acceptors (Lipinski definition) is 1. The molecule has 0 bridgehead atoms. The van der Waals surface area contributed by atoms with Gasteiger partial charge in [0.05, 0.1) is 11.8 Å². The molecule has 2 nitrogen and oxygen atoms in total. The number of halogens is 5. The van der Waals surface area contributed by atoms with Crippen LogP contribution < -0.4 is 0 Å². The van der Waals surface area contributed by atoms with Gasteiger partial charge in [-0.25, -0.2) is 4.39 Å². The molecule has 0 heterocycles. The fraction of sp³-hybridized carbons (Fsp3) is 0.364. The molecule has 0 saturated heterocycles. The van der Waals surface area contributed by atoms with Gasteiger partial charge in [0.1, 0.15) is 5.82 Å². The molecule has 2 atom stereocenters. The Morgan fingerprint density at radius 1 is 1.39 bits per heavy atom. The van der Waals surface area contributed by atoms with Crippen molar-refractivity contribution in [3.05, 3.63) is 34.6 Å². The first-order valence-corrected chi connectivity index (χ1v) is 5.27. The molecule has 7 heteroatoms. The Kier molecular flexibility index (Phi) is 4.21. The molecule has 1 aromatic carbocycles. The van der Waals surface area contributed by atoms with Crippen molar-refractivity contribution < 1.29 is 27.5 Å². The molecule has 0 radical (unpaired) electrons. The Morgan fingerprint density at radius 2 is 1.94 bits per heavy atom. The van der Waals surface area contributed by atoms with Crippen LogP contribution in [0.15, 0.2) is 18.2 Å². The molecule has 1 rings (SSSR count). The Hall–Kier alpha value is -1.30. The second kappa shape index (κ2) is 5.14. The Labute approximate surface area is 105 Å². The Balaban J connectivity index is 3.25. The van der Waals surface area contributed by atoms with E-state index >= 15 is 0 Å². The molecule has 0 aliphatic carbocycles. The van der Waals surface area contributed by atoms with Crippen LogP contribution in [-0.4, -0.2) is 17.3 Å². The number of carbonyl (C=O) groups is 1. The highest BCUT2D eigenvalue weighted by Gasteiger charge is 2.45. The van der Waals surface area contributed by atoms with Crippen molar-refractivity contribution in [2.24, 2.45) is 5.92 Å². The SMILES string of the molecule is CC(C(C(=O)O)c1ccc(Cl)cc1F)C(F)(F)F. The molecular weight excluding hydrogens is 276 g/mol. The summed E-state index contributed by atoms with van der Waals surface area (Å²) in [7, 11) is 0. The third kappa shape index (κ3) is 3.13. The summed E-state index contributed by atoms with van der Waals surface area (Å²) in [5, 5.41) is 8.84. The monoisotopic (exact) mass is 284 g/mol. The highest BCUT2D eigenvalue weighted by Crippen LogP contribution is 2.38. The standard InChI is InChI=1S/C11H9ClF4O2/c1-5(11(14,15)16)9(10(17)18)7-3-2-6(12)4-8(7)13/h2-5,9H,1H3,(H,17,18). The van der Waals surface area contributed by atoms with E-state index in [1.165, 1.54) is 0 Å². The van der Waals surface area contributed by atoms with Gasteiger partial charge in [0.25, 0.3) is 0 Å². The minimum Gasteiger partial charge on any atom is -0.481 e. The molecular formula is C11H9ClF4O2. The van der Waals surface area contributed by atoms with Crippen molar-refractivity contribution in [3.8, 4) is 0 Å². The second-order valence-electron chi connectivity index (χ2n) is 3.81. The molecule has 0 aliphatic heterocycles. The second-order valence-corrected chi connectivity index (χ2v) is 4.25. The highest BCUT2D eigenvalue weighted by atomic mass is 35.5. The van der Waals surface area contributed by atoms with Gasteiger partial charge in [-0.2, -0.15) is 13.2 Å². The van der Waals surface area contributed by atoms with E-state index in [2.05, 4.69) is 0 Å². The van der Waals surface area contributed by atoms with E-state index in [0.29, 0.717) is 6.92 Å². The van der Waals surface area contributed by atoms with E-state index in [1.54, 1.807) is 0 Å². The highest BCUT2D eigenvalue weighted by molar-refractivity contribution is 6.30. The third-order valence-corrected chi connectivity index (χ3v) is 2.82. The molecule has 2 unspecified atom stereocenters. The maximum Gasteiger partial charge on any atom is 0.392 e. The average Bonchev–Trinajstić information content (AvgIpc) is 2.19. The van der Waals surface area contributed by atoms with Crippen LogP contribution in [0.2, 0.25) is 5.02 Å². The zero-order valence-electron chi connectivity index (χ0n) is 9.13. The molecule has 0 fully saturated rings. The fourth-order valence-electron chi connectivity index (χ4n) is 1.56. The number of carboxylic acids is 1. The van der Waals surface area contributed by atoms with Crippen LogP contribution in [0, 0.1) is 11.7 Å². The van der Waals surface area contributed by atoms with Gasteiger partial charge in [0.2, 0.25) is 0 Å². The largest absolute Gasteiger partial charge is 0.481 e. The molecule has 0 spiro atoms. The van der Waals surface area contributed by atoms with Crippen LogP contribution in [0.5, 0.6) is 0 Å². The van der Waals surface area contributed by atoms with E-state index < -0.39 is 35.4 Å². The van der Waals surface area contributed by atoms with E-state index in [9.17, 15) is 22.4 Å². The Morgan fingerprint density at radius 3 is 2.33 bits per heavy atom. The number of alkyl halides is 3. The molecule has 100 valence electrons. The molecule has 1 N–H and O–H groups in total. The third-order valence-electron chi connectivity index (χ3n) is 2.58. The van der Waals surface area contributed by atoms with Gasteiger partial charge in [-0.1, -0.05) is 24.6 Å². The number of hydrogen-bond donors (Lipinski definition) is 1. The summed E-state index contributed by atoms with van der Waals surface area (Å²) >= 11 is 5.46. The fourth-order valence-corrected chi connectivity index (χ4v) is 1.72. The van der Waals surface area contributed by atoms with Crippen LogP contribution in [-0.2, 0) is 4.79 Å². The van der Waals surface area contributed by atoms with Crippen molar-refractivity contribution in [1.82, 2.24) is 0 Å². The molecule has 0 saturated carbocycles. The predicted molar refractivity (Wildman–Crippen MR) is 57.0 cm³/mol. The van der Waals surface area contributed by atoms with Crippen LogP contribution in [0.4, 0.5) is 17.6 Å². The minimum atomic E-state index is -4.73. The first-order chi connectivity index (χ1) is 8.14. The summed E-state index contributed by atoms with van der Waals surface area (Å²) in [6, 6.07) is 2.90. The molecule has 18 heavy (non-hydrogen) atoms. The van der Waals surface area contributed by atoms with E-state index in [-0.39, 0.29) is 5.02 Å². The summed E-state index contributed by atoms with van der Waals surface area (Å²) < 4.78 is 51.1. The van der Waals surface area contributed by atoms with Crippen molar-refractivity contribution in [1.29, 1.82) is 0 Å². The van der Waals surface area contributed by atoms with E-state index in [4.69, 9.17) is 16.7 Å². The zero-order chi connectivity index (χ0) is 14.1. The maximum atomic E-state index is 13.5. The van der Waals surface area contributed by atoms with Gasteiger partial charge in [-0.05, 0) is 12.1 Å². The lowest BCUT2D eigenvalue weighted by Gasteiger charge is -2.23. The van der Waals surface area contributed by atoms with Gasteiger partial charge in [0, 0.05) is 10.6 Å². The van der Waals surface area contributed by atoms with Gasteiger partial charge in [0.15, 0.2) is 0 Å². The average molecular weight is 285 g/mol. The molecule has 1 aromatic rings. The summed E-state index contributed by atoms with van der Waals surface area (Å²) in [4.78, 5) is 10.9. The van der Waals surface area contributed by atoms with Crippen LogP contribution in [0.3, 0.4) is 0 Å². The first-order valence-electron chi connectivity index (χ1n) is 4.89. The number of benzene rings is 1. The maximum absolute atomic E-state index is 13.5. The lowest BCUT2D eigenvalue weighted by Crippen LogP contribution is -2.31. The predicted octanol–water partition coefficient (Wildman–Crippen LogP) is 3.85. The summed E-state index contributed by atoms with van der Waals surface area (Å²) in [5.41, 5.74) is -0.531. The quantitative estimate of drug-likeness (QED) is 0.856. The van der Waals surface area contributed by atoms with Gasteiger partial charge >= 0.3 is 12.1 Å². The summed E-state index contributed by atoms with van der Waals surface area (Å²) in [6.07, 6.45) is -4.73. The van der Waals surface area contributed by atoms with Crippen LogP contribution >= 0.6 is 11.6 Å². The summed E-state index contributed by atoms with van der Waals surface area (Å²) in [5.74, 6) is -7.00. The molecule has 0 aromatic heterocycles. The van der Waals surface area contributed by atoms with E-state index in [1.807, 2.05) is 0 Å². The van der Waals surface area contributed by atoms with Crippen molar-refractivity contribution in [2.75, 3.05) is 0 Å². The summed E-state index contributed by atoms with van der Waals surface area (Å²) in [6.45, 7) is 0.701. The zero-order valence-corrected chi connectivity index (χ0v) is 9.89. The lowest BCUT2D eigenvalue weighted by molar-refractivity contribution is -0.183. The first kappa shape index (κ1) is 14.8. The topological polar surface area (TPSA) is 37.3 Å². The number of carboxylic acid groups (broad SMARTS) is 1. The number of aliphatic carboxylic acids is 1. The molecule has 0 amide bonds. The van der Waals surface area contributed by atoms with Gasteiger partial charge in [-0.15, -0.1) is 0 Å². The minimum absolute atomic E-state index is 0.0138. The van der Waals surface area contributed by atoms with Crippen molar-refractivity contribution in [2.45, 2.75) is 19.0 Å². The molecule has 0 aliphatic rings. The van der Waals surface area contributed by atoms with Crippen LogP contribution in [0.1, 0.15) is 18.4 Å². The Bertz CT molecular complexity index is 459. The van der Waals surface area contributed by atoms with Crippen LogP contribution in [0.25, 0.3) is 0 Å². The van der Waals surface area contributed by atoms with Crippen molar-refractivity contribution in [3.63, 3.8) is 0 Å². The lowest BCUT2D eigenvalue weighted by atomic mass is 9.86. The number of rotatable bonds is 3. The smallest absolute Gasteiger partial charge is 0.392 e. The normalized spacial score (nSPS) is 15.2. The van der Waals surface area contributed by atoms with Crippen molar-refractivity contribution >= 4 is 17.6 Å².